The second-order valence-electron chi connectivity index (χ2n) is 3.37. The van der Waals surface area contributed by atoms with Crippen molar-refractivity contribution in [3.8, 4) is 5.75 Å². The summed E-state index contributed by atoms with van der Waals surface area (Å²) in [5.74, 6) is 0.885. The molecular formula is C12H16Cl2N2O. The molecular weight excluding hydrogens is 259 g/mol. The van der Waals surface area contributed by atoms with Gasteiger partial charge in [0.05, 0.1) is 12.4 Å². The van der Waals surface area contributed by atoms with Crippen LogP contribution < -0.4 is 10.5 Å². The van der Waals surface area contributed by atoms with E-state index in [1.807, 2.05) is 24.4 Å². The minimum Gasteiger partial charge on any atom is -0.497 e. The van der Waals surface area contributed by atoms with E-state index in [2.05, 4.69) is 4.98 Å². The third kappa shape index (κ3) is 3.80. The van der Waals surface area contributed by atoms with E-state index in [9.17, 15) is 0 Å². The normalized spacial score (nSPS) is 9.88. The van der Waals surface area contributed by atoms with Crippen molar-refractivity contribution in [3.63, 3.8) is 0 Å². The van der Waals surface area contributed by atoms with E-state index in [0.29, 0.717) is 6.54 Å². The van der Waals surface area contributed by atoms with Gasteiger partial charge in [-0.2, -0.15) is 0 Å². The fraction of sp³-hybridized carbons (Fsp3) is 0.333. The average molecular weight is 275 g/mol. The van der Waals surface area contributed by atoms with Gasteiger partial charge in [-0.05, 0) is 36.7 Å². The number of benzene rings is 1. The van der Waals surface area contributed by atoms with E-state index in [4.69, 9.17) is 33.7 Å². The van der Waals surface area contributed by atoms with E-state index in [0.717, 1.165) is 17.7 Å². The number of rotatable bonds is 3. The summed E-state index contributed by atoms with van der Waals surface area (Å²) in [5, 5.41) is 1.40. The van der Waals surface area contributed by atoms with Crippen LogP contribution in [-0.4, -0.2) is 24.0 Å². The van der Waals surface area contributed by atoms with E-state index in [-0.39, 0.29) is 5.34 Å². The molecule has 2 aromatic rings. The van der Waals surface area contributed by atoms with Crippen LogP contribution in [0.3, 0.4) is 0 Å². The second kappa shape index (κ2) is 7.43. The molecule has 1 heterocycles. The van der Waals surface area contributed by atoms with Gasteiger partial charge in [-0.25, -0.2) is 0 Å². The van der Waals surface area contributed by atoms with Crippen LogP contribution in [0.15, 0.2) is 24.4 Å². The molecule has 5 heteroatoms. The maximum absolute atomic E-state index is 5.54. The molecule has 2 rings (SSSR count). The molecule has 94 valence electrons. The topological polar surface area (TPSA) is 51.0 Å². The molecule has 0 aliphatic heterocycles. The van der Waals surface area contributed by atoms with E-state index in [1.165, 1.54) is 10.9 Å². The van der Waals surface area contributed by atoms with Crippen LogP contribution in [0.1, 0.15) is 5.56 Å². The molecule has 3 N–H and O–H groups in total. The molecule has 0 saturated heterocycles. The highest BCUT2D eigenvalue weighted by Crippen LogP contribution is 2.23. The largest absolute Gasteiger partial charge is 0.497 e. The smallest absolute Gasteiger partial charge is 0.119 e. The molecule has 1 aromatic carbocycles. The van der Waals surface area contributed by atoms with Crippen LogP contribution >= 0.6 is 23.2 Å². The second-order valence-corrected chi connectivity index (χ2v) is 4.17. The average Bonchev–Trinajstić information content (AvgIpc) is 2.73. The maximum atomic E-state index is 5.54. The fourth-order valence-corrected chi connectivity index (χ4v) is 1.65. The highest BCUT2D eigenvalue weighted by atomic mass is 35.5. The Kier molecular flexibility index (Phi) is 6.19. The highest BCUT2D eigenvalue weighted by Gasteiger charge is 2.03. The van der Waals surface area contributed by atoms with Crippen LogP contribution in [0.2, 0.25) is 0 Å². The predicted octanol–water partition coefficient (Wildman–Crippen LogP) is 3.10. The number of aromatic amines is 1. The summed E-state index contributed by atoms with van der Waals surface area (Å²) >= 11 is 9.53. The maximum Gasteiger partial charge on any atom is 0.119 e. The molecule has 0 fully saturated rings. The minimum atomic E-state index is 0.194. The quantitative estimate of drug-likeness (QED) is 0.846. The Bertz CT molecular complexity index is 457. The Hall–Kier alpha value is -0.900. The van der Waals surface area contributed by atoms with Crippen molar-refractivity contribution in [2.75, 3.05) is 19.0 Å². The molecule has 0 amide bonds. The molecule has 0 aliphatic rings. The molecule has 0 saturated carbocycles. The van der Waals surface area contributed by atoms with Crippen LogP contribution in [0, 0.1) is 0 Å². The molecule has 0 radical (unpaired) electrons. The zero-order valence-electron chi connectivity index (χ0n) is 9.67. The van der Waals surface area contributed by atoms with E-state index >= 15 is 0 Å². The number of hydrogen-bond donors (Lipinski definition) is 2. The van der Waals surface area contributed by atoms with Crippen LogP contribution in [0.5, 0.6) is 5.75 Å². The van der Waals surface area contributed by atoms with Gasteiger partial charge < -0.3 is 15.5 Å². The lowest BCUT2D eigenvalue weighted by Gasteiger charge is -2.00. The summed E-state index contributed by atoms with van der Waals surface area (Å²) in [6.07, 6.45) is 2.91. The predicted molar refractivity (Wildman–Crippen MR) is 74.2 cm³/mol. The summed E-state index contributed by atoms with van der Waals surface area (Å²) < 4.78 is 5.18. The molecule has 0 aliphatic carbocycles. The number of H-pyrrole nitrogens is 1. The minimum absolute atomic E-state index is 0.194. The Labute approximate surface area is 111 Å². The molecule has 0 spiro atoms. The first-order chi connectivity index (χ1) is 8.26. The monoisotopic (exact) mass is 274 g/mol. The number of nitrogens with two attached hydrogens (primary N) is 1. The van der Waals surface area contributed by atoms with Gasteiger partial charge in [0.25, 0.3) is 0 Å². The van der Waals surface area contributed by atoms with Gasteiger partial charge in [-0.3, -0.25) is 0 Å². The Balaban J connectivity index is 0.000000437. The summed E-state index contributed by atoms with van der Waals surface area (Å²) in [5.41, 5.74) is 7.92. The third-order valence-corrected chi connectivity index (χ3v) is 2.39. The van der Waals surface area contributed by atoms with Gasteiger partial charge in [-0.1, -0.05) is 0 Å². The Morgan fingerprint density at radius 3 is 2.65 bits per heavy atom. The van der Waals surface area contributed by atoms with Gasteiger partial charge in [0, 0.05) is 17.1 Å². The van der Waals surface area contributed by atoms with E-state index < -0.39 is 0 Å². The number of alkyl halides is 2. The summed E-state index contributed by atoms with van der Waals surface area (Å²) in [6, 6.07) is 6.01. The summed E-state index contributed by atoms with van der Waals surface area (Å²) in [6.45, 7) is 0.671. The van der Waals surface area contributed by atoms with Crippen LogP contribution in [-0.2, 0) is 6.42 Å². The van der Waals surface area contributed by atoms with Gasteiger partial charge in [0.15, 0.2) is 0 Å². The lowest BCUT2D eigenvalue weighted by molar-refractivity contribution is 0.415. The Morgan fingerprint density at radius 1 is 1.35 bits per heavy atom. The third-order valence-electron chi connectivity index (χ3n) is 2.39. The molecule has 17 heavy (non-hydrogen) atoms. The van der Waals surface area contributed by atoms with Gasteiger partial charge in [0.1, 0.15) is 5.75 Å². The first-order valence-electron chi connectivity index (χ1n) is 5.22. The number of halogens is 2. The SMILES string of the molecule is COc1ccc2[nH]cc(CCN)c2c1.ClCCl. The summed E-state index contributed by atoms with van der Waals surface area (Å²) in [4.78, 5) is 3.21. The Morgan fingerprint density at radius 2 is 2.06 bits per heavy atom. The molecule has 0 atom stereocenters. The zero-order chi connectivity index (χ0) is 12.7. The number of fused-ring (bicyclic) bond motifs is 1. The highest BCUT2D eigenvalue weighted by molar-refractivity contribution is 6.40. The molecule has 0 bridgehead atoms. The molecule has 1 aromatic heterocycles. The standard InChI is InChI=1S/C11H14N2O.CH2Cl2/c1-14-9-2-3-11-10(6-9)8(4-5-12)7-13-11;2-1-3/h2-3,6-7,13H,4-5,12H2,1H3;1H2. The molecule has 3 nitrogen and oxygen atoms in total. The van der Waals surface area contributed by atoms with Gasteiger partial charge in [-0.15, -0.1) is 23.2 Å². The van der Waals surface area contributed by atoms with Crippen LogP contribution in [0.25, 0.3) is 10.9 Å². The first kappa shape index (κ1) is 14.2. The number of methoxy groups -OCH3 is 1. The van der Waals surface area contributed by atoms with Gasteiger partial charge in [0.2, 0.25) is 0 Å². The van der Waals surface area contributed by atoms with Crippen molar-refractivity contribution in [1.29, 1.82) is 0 Å². The lowest BCUT2D eigenvalue weighted by atomic mass is 10.1. The van der Waals surface area contributed by atoms with Crippen molar-refractivity contribution in [2.24, 2.45) is 5.73 Å². The number of aromatic nitrogens is 1. The van der Waals surface area contributed by atoms with Crippen molar-refractivity contribution >= 4 is 34.1 Å². The van der Waals surface area contributed by atoms with Crippen molar-refractivity contribution in [1.82, 2.24) is 4.98 Å². The number of nitrogens with one attached hydrogen (secondary N) is 1. The van der Waals surface area contributed by atoms with E-state index in [1.54, 1.807) is 7.11 Å². The van der Waals surface area contributed by atoms with Crippen molar-refractivity contribution in [2.45, 2.75) is 6.42 Å². The lowest BCUT2D eigenvalue weighted by Crippen LogP contribution is -2.01. The van der Waals surface area contributed by atoms with Gasteiger partial charge >= 0.3 is 0 Å². The zero-order valence-corrected chi connectivity index (χ0v) is 11.2. The number of ether oxygens (including phenoxy) is 1. The summed E-state index contributed by atoms with van der Waals surface area (Å²) in [7, 11) is 1.68. The molecule has 0 unspecified atom stereocenters. The fourth-order valence-electron chi connectivity index (χ4n) is 1.65. The number of hydrogen-bond acceptors (Lipinski definition) is 2. The van der Waals surface area contributed by atoms with Crippen molar-refractivity contribution in [3.05, 3.63) is 30.0 Å². The van der Waals surface area contributed by atoms with Crippen molar-refractivity contribution < 1.29 is 4.74 Å². The first-order valence-corrected chi connectivity index (χ1v) is 6.29. The van der Waals surface area contributed by atoms with Crippen LogP contribution in [0.4, 0.5) is 0 Å².